The number of nitrogens with one attached hydrogen (secondary N) is 2. The maximum absolute atomic E-state index is 12.2. The van der Waals surface area contributed by atoms with Gasteiger partial charge >= 0.3 is 6.09 Å². The van der Waals surface area contributed by atoms with Crippen LogP contribution >= 0.6 is 0 Å². The van der Waals surface area contributed by atoms with E-state index in [2.05, 4.69) is 15.6 Å². The summed E-state index contributed by atoms with van der Waals surface area (Å²) in [6, 6.07) is 4.96. The van der Waals surface area contributed by atoms with Crippen molar-refractivity contribution in [1.82, 2.24) is 15.6 Å². The third-order valence-corrected chi connectivity index (χ3v) is 4.43. The molecule has 0 aromatic carbocycles. The number of pyridine rings is 1. The van der Waals surface area contributed by atoms with Crippen LogP contribution in [0.4, 0.5) is 4.79 Å². The summed E-state index contributed by atoms with van der Waals surface area (Å²) in [5.41, 5.74) is 0.691. The first-order valence-corrected chi connectivity index (χ1v) is 8.82. The van der Waals surface area contributed by atoms with E-state index >= 15 is 0 Å². The van der Waals surface area contributed by atoms with Gasteiger partial charge in [0.25, 0.3) is 0 Å². The zero-order chi connectivity index (χ0) is 18.1. The number of aliphatic hydroxyl groups is 1. The summed E-state index contributed by atoms with van der Waals surface area (Å²) in [5.74, 6) is 0.183. The van der Waals surface area contributed by atoms with Crippen molar-refractivity contribution in [1.29, 1.82) is 0 Å². The van der Waals surface area contributed by atoms with E-state index in [1.807, 2.05) is 13.0 Å². The largest absolute Gasteiger partial charge is 0.443 e. The van der Waals surface area contributed by atoms with E-state index in [4.69, 9.17) is 4.74 Å². The van der Waals surface area contributed by atoms with Gasteiger partial charge in [0.2, 0.25) is 0 Å². The van der Waals surface area contributed by atoms with Crippen LogP contribution in [0.1, 0.15) is 38.3 Å². The van der Waals surface area contributed by atoms with Gasteiger partial charge < -0.3 is 20.5 Å². The molecule has 7 nitrogen and oxygen atoms in total. The lowest BCUT2D eigenvalue weighted by atomic mass is 9.87. The predicted octanol–water partition coefficient (Wildman–Crippen LogP) is 1.41. The van der Waals surface area contributed by atoms with Crippen LogP contribution in [0, 0.1) is 5.92 Å². The van der Waals surface area contributed by atoms with Crippen LogP contribution in [-0.4, -0.2) is 47.2 Å². The molecule has 1 aromatic rings. The minimum absolute atomic E-state index is 0.0387. The first-order chi connectivity index (χ1) is 12.1. The molecule has 0 radical (unpaired) electrons. The van der Waals surface area contributed by atoms with Gasteiger partial charge in [0, 0.05) is 19.2 Å². The van der Waals surface area contributed by atoms with E-state index < -0.39 is 18.2 Å². The number of carbonyl (C=O) groups is 2. The van der Waals surface area contributed by atoms with Gasteiger partial charge in [0.05, 0.1) is 17.8 Å². The number of ether oxygens (including phenoxy) is 1. The van der Waals surface area contributed by atoms with Crippen molar-refractivity contribution >= 4 is 11.9 Å². The molecular weight excluding hydrogens is 322 g/mol. The number of carbonyl (C=O) groups excluding carboxylic acids is 2. The molecule has 7 heteroatoms. The highest BCUT2D eigenvalue weighted by Crippen LogP contribution is 2.18. The maximum Gasteiger partial charge on any atom is 0.407 e. The fraction of sp³-hybridized carbons (Fsp3) is 0.611. The molecule has 2 unspecified atom stereocenters. The van der Waals surface area contributed by atoms with Gasteiger partial charge in [-0.15, -0.1) is 0 Å². The Labute approximate surface area is 148 Å². The number of nitrogens with zero attached hydrogens (tertiary/aromatic N) is 1. The van der Waals surface area contributed by atoms with Crippen LogP contribution in [-0.2, 0) is 16.1 Å². The standard InChI is InChI=1S/C18H27N3O4/c1-13-8-11-20-16(17(13)23)15(22)7-3-5-10-21-18(24)25-12-14-6-2-4-9-19-14/h2,4,6,9,13,16-17,20,23H,3,5,7-8,10-12H2,1H3,(H,21,24)/t13?,16-,17?/m1/s1. The van der Waals surface area contributed by atoms with Crippen LogP contribution in [0.3, 0.4) is 0 Å². The number of aromatic nitrogens is 1. The number of ketones is 1. The van der Waals surface area contributed by atoms with Gasteiger partial charge in [-0.1, -0.05) is 13.0 Å². The molecule has 1 aliphatic heterocycles. The molecule has 3 atom stereocenters. The van der Waals surface area contributed by atoms with E-state index in [1.54, 1.807) is 18.3 Å². The van der Waals surface area contributed by atoms with Crippen molar-refractivity contribution in [2.24, 2.45) is 5.92 Å². The molecular formula is C18H27N3O4. The van der Waals surface area contributed by atoms with Crippen molar-refractivity contribution < 1.29 is 19.4 Å². The van der Waals surface area contributed by atoms with Crippen molar-refractivity contribution in [2.75, 3.05) is 13.1 Å². The van der Waals surface area contributed by atoms with Crippen molar-refractivity contribution in [3.8, 4) is 0 Å². The number of alkyl carbamates (subject to hydrolysis) is 1. The number of Topliss-reactive ketones (excluding diaryl/α,β-unsaturated/α-hetero) is 1. The lowest BCUT2D eigenvalue weighted by Gasteiger charge is -2.32. The molecule has 0 bridgehead atoms. The topological polar surface area (TPSA) is 101 Å². The second-order valence-corrected chi connectivity index (χ2v) is 6.44. The van der Waals surface area contributed by atoms with Crippen LogP contribution in [0.5, 0.6) is 0 Å². The predicted molar refractivity (Wildman–Crippen MR) is 92.9 cm³/mol. The number of hydrogen-bond donors (Lipinski definition) is 3. The highest BCUT2D eigenvalue weighted by molar-refractivity contribution is 5.84. The van der Waals surface area contributed by atoms with Gasteiger partial charge in [-0.2, -0.15) is 0 Å². The third kappa shape index (κ3) is 6.43. The minimum atomic E-state index is -0.610. The summed E-state index contributed by atoms with van der Waals surface area (Å²) in [4.78, 5) is 27.8. The summed E-state index contributed by atoms with van der Waals surface area (Å²) in [6.07, 6.45) is 3.17. The summed E-state index contributed by atoms with van der Waals surface area (Å²) in [7, 11) is 0. The Kier molecular flexibility index (Phi) is 7.81. The van der Waals surface area contributed by atoms with E-state index in [0.717, 1.165) is 13.0 Å². The maximum atomic E-state index is 12.2. The van der Waals surface area contributed by atoms with Crippen molar-refractivity contribution in [3.05, 3.63) is 30.1 Å². The molecule has 2 heterocycles. The summed E-state index contributed by atoms with van der Waals surface area (Å²) >= 11 is 0. The average molecular weight is 349 g/mol. The summed E-state index contributed by atoms with van der Waals surface area (Å²) in [5, 5.41) is 15.8. The van der Waals surface area contributed by atoms with Crippen LogP contribution < -0.4 is 10.6 Å². The molecule has 138 valence electrons. The van der Waals surface area contributed by atoms with Gasteiger partial charge in [0.1, 0.15) is 6.61 Å². The first-order valence-electron chi connectivity index (χ1n) is 8.82. The molecule has 1 amide bonds. The van der Waals surface area contributed by atoms with Gasteiger partial charge in [-0.05, 0) is 43.9 Å². The van der Waals surface area contributed by atoms with Crippen LogP contribution in [0.2, 0.25) is 0 Å². The molecule has 1 fully saturated rings. The molecule has 3 N–H and O–H groups in total. The fourth-order valence-corrected chi connectivity index (χ4v) is 2.84. The zero-order valence-corrected chi connectivity index (χ0v) is 14.6. The summed E-state index contributed by atoms with van der Waals surface area (Å²) < 4.78 is 5.05. The molecule has 2 rings (SSSR count). The van der Waals surface area contributed by atoms with E-state index in [9.17, 15) is 14.7 Å². The number of piperidine rings is 1. The molecule has 1 saturated heterocycles. The third-order valence-electron chi connectivity index (χ3n) is 4.43. The Morgan fingerprint density at radius 1 is 1.40 bits per heavy atom. The first kappa shape index (κ1) is 19.3. The number of hydrogen-bond acceptors (Lipinski definition) is 6. The quantitative estimate of drug-likeness (QED) is 0.614. The van der Waals surface area contributed by atoms with Gasteiger partial charge in [-0.3, -0.25) is 9.78 Å². The van der Waals surface area contributed by atoms with E-state index in [0.29, 0.717) is 31.5 Å². The van der Waals surface area contributed by atoms with E-state index in [-0.39, 0.29) is 18.3 Å². The Morgan fingerprint density at radius 3 is 3.00 bits per heavy atom. The fourth-order valence-electron chi connectivity index (χ4n) is 2.84. The zero-order valence-electron chi connectivity index (χ0n) is 14.6. The number of unbranched alkanes of at least 4 members (excludes halogenated alkanes) is 1. The Balaban J connectivity index is 1.55. The minimum Gasteiger partial charge on any atom is -0.443 e. The molecule has 1 aromatic heterocycles. The normalized spacial score (nSPS) is 23.0. The van der Waals surface area contributed by atoms with Crippen LogP contribution in [0.25, 0.3) is 0 Å². The molecule has 25 heavy (non-hydrogen) atoms. The lowest BCUT2D eigenvalue weighted by molar-refractivity contribution is -0.125. The van der Waals surface area contributed by atoms with Crippen molar-refractivity contribution in [3.63, 3.8) is 0 Å². The Hall–Kier alpha value is -1.99. The molecule has 0 aliphatic carbocycles. The highest BCUT2D eigenvalue weighted by Gasteiger charge is 2.32. The number of aliphatic hydroxyl groups excluding tert-OH is 1. The number of amides is 1. The Morgan fingerprint density at radius 2 is 2.24 bits per heavy atom. The second kappa shape index (κ2) is 10.1. The second-order valence-electron chi connectivity index (χ2n) is 6.44. The van der Waals surface area contributed by atoms with Gasteiger partial charge in [0.15, 0.2) is 5.78 Å². The highest BCUT2D eigenvalue weighted by atomic mass is 16.5. The van der Waals surface area contributed by atoms with Crippen LogP contribution in [0.15, 0.2) is 24.4 Å². The summed E-state index contributed by atoms with van der Waals surface area (Å²) in [6.45, 7) is 3.31. The molecule has 0 spiro atoms. The van der Waals surface area contributed by atoms with E-state index in [1.165, 1.54) is 0 Å². The van der Waals surface area contributed by atoms with Gasteiger partial charge in [-0.25, -0.2) is 4.79 Å². The average Bonchev–Trinajstić information content (AvgIpc) is 2.62. The monoisotopic (exact) mass is 349 g/mol. The molecule has 0 saturated carbocycles. The van der Waals surface area contributed by atoms with Crippen molar-refractivity contribution in [2.45, 2.75) is 51.4 Å². The Bertz CT molecular complexity index is 553. The number of rotatable bonds is 8. The SMILES string of the molecule is CC1CCN[C@H](C(=O)CCCCNC(=O)OCc2ccccn2)C1O. The smallest absolute Gasteiger partial charge is 0.407 e. The molecule has 1 aliphatic rings. The lowest BCUT2D eigenvalue weighted by Crippen LogP contribution is -2.53.